The average Bonchev–Trinajstić information content (AvgIpc) is 2.59. The van der Waals surface area contributed by atoms with Crippen LogP contribution in [0, 0.1) is 13.8 Å². The zero-order chi connectivity index (χ0) is 11.7. The zero-order valence-electron chi connectivity index (χ0n) is 9.36. The summed E-state index contributed by atoms with van der Waals surface area (Å²) >= 11 is 3.27. The first-order valence-electron chi connectivity index (χ1n) is 4.85. The fourth-order valence-corrected chi connectivity index (χ4v) is 1.90. The highest BCUT2D eigenvalue weighted by Crippen LogP contribution is 2.23. The summed E-state index contributed by atoms with van der Waals surface area (Å²) in [6, 6.07) is 4.08. The highest BCUT2D eigenvalue weighted by molar-refractivity contribution is 9.10. The quantitative estimate of drug-likeness (QED) is 0.850. The van der Waals surface area contributed by atoms with E-state index in [1.54, 1.807) is 13.3 Å². The van der Waals surface area contributed by atoms with Crippen LogP contribution < -0.4 is 4.74 Å². The molecular formula is C11H12BrN3O. The van der Waals surface area contributed by atoms with E-state index in [-0.39, 0.29) is 0 Å². The van der Waals surface area contributed by atoms with Crippen LogP contribution in [0.2, 0.25) is 0 Å². The number of aryl methyl sites for hydroxylation is 2. The van der Waals surface area contributed by atoms with E-state index in [0.717, 1.165) is 11.4 Å². The molecule has 0 aliphatic carbocycles. The van der Waals surface area contributed by atoms with Crippen molar-refractivity contribution in [2.24, 2.45) is 0 Å². The Morgan fingerprint density at radius 2 is 1.88 bits per heavy atom. The van der Waals surface area contributed by atoms with Gasteiger partial charge < -0.3 is 4.74 Å². The molecule has 0 amide bonds. The molecule has 2 aromatic rings. The van der Waals surface area contributed by atoms with Gasteiger partial charge in [-0.25, -0.2) is 9.97 Å². The summed E-state index contributed by atoms with van der Waals surface area (Å²) in [6.45, 7) is 4.05. The number of aromatic nitrogens is 3. The first kappa shape index (κ1) is 11.1. The second-order valence-electron chi connectivity index (χ2n) is 3.48. The molecule has 16 heavy (non-hydrogen) atoms. The number of halogens is 1. The molecule has 5 heteroatoms. The molecule has 0 aromatic carbocycles. The van der Waals surface area contributed by atoms with Gasteiger partial charge in [-0.3, -0.25) is 4.57 Å². The maximum Gasteiger partial charge on any atom is 0.259 e. The fraction of sp³-hybridized carbons (Fsp3) is 0.273. The molecule has 2 aromatic heterocycles. The lowest BCUT2D eigenvalue weighted by Crippen LogP contribution is -2.05. The predicted octanol–water partition coefficient (Wildman–Crippen LogP) is 2.66. The Morgan fingerprint density at radius 1 is 1.25 bits per heavy atom. The maximum absolute atomic E-state index is 5.24. The number of hydrogen-bond donors (Lipinski definition) is 0. The molecule has 0 aliphatic heterocycles. The van der Waals surface area contributed by atoms with Crippen LogP contribution in [0.25, 0.3) is 5.82 Å². The van der Waals surface area contributed by atoms with Crippen LogP contribution in [-0.2, 0) is 0 Å². The smallest absolute Gasteiger partial charge is 0.259 e. The van der Waals surface area contributed by atoms with Crippen LogP contribution in [0.3, 0.4) is 0 Å². The van der Waals surface area contributed by atoms with Crippen molar-refractivity contribution in [1.29, 1.82) is 0 Å². The van der Waals surface area contributed by atoms with Gasteiger partial charge in [-0.05, 0) is 41.9 Å². The van der Waals surface area contributed by atoms with Gasteiger partial charge >= 0.3 is 0 Å². The first-order chi connectivity index (χ1) is 7.63. The maximum atomic E-state index is 5.24. The monoisotopic (exact) mass is 281 g/mol. The molecule has 0 unspecified atom stereocenters. The molecule has 0 spiro atoms. The lowest BCUT2D eigenvalue weighted by molar-refractivity contribution is 0.392. The first-order valence-corrected chi connectivity index (χ1v) is 5.64. The molecule has 0 atom stereocenters. The van der Waals surface area contributed by atoms with Crippen molar-refractivity contribution in [2.45, 2.75) is 13.8 Å². The van der Waals surface area contributed by atoms with Crippen LogP contribution in [0.4, 0.5) is 0 Å². The SMILES string of the molecule is COc1nc(Br)cnc1-n1c(C)ccc1C. The third kappa shape index (κ3) is 1.82. The van der Waals surface area contributed by atoms with Crippen molar-refractivity contribution in [3.05, 3.63) is 34.3 Å². The molecule has 2 rings (SSSR count). The van der Waals surface area contributed by atoms with Gasteiger partial charge in [0.05, 0.1) is 13.3 Å². The lowest BCUT2D eigenvalue weighted by atomic mass is 10.5. The third-order valence-electron chi connectivity index (χ3n) is 2.37. The highest BCUT2D eigenvalue weighted by atomic mass is 79.9. The van der Waals surface area contributed by atoms with Crippen molar-refractivity contribution in [2.75, 3.05) is 7.11 Å². The van der Waals surface area contributed by atoms with Crippen LogP contribution in [0.1, 0.15) is 11.4 Å². The van der Waals surface area contributed by atoms with Gasteiger partial charge in [-0.2, -0.15) is 0 Å². The summed E-state index contributed by atoms with van der Waals surface area (Å²) in [5.41, 5.74) is 2.21. The molecule has 0 fully saturated rings. The van der Waals surface area contributed by atoms with Crippen molar-refractivity contribution in [1.82, 2.24) is 14.5 Å². The molecule has 0 radical (unpaired) electrons. The Labute approximate surface area is 102 Å². The number of methoxy groups -OCH3 is 1. The standard InChI is InChI=1S/C11H12BrN3O/c1-7-4-5-8(2)15(7)10-11(16-3)14-9(12)6-13-10/h4-6H,1-3H3. The molecular weight excluding hydrogens is 270 g/mol. The minimum atomic E-state index is 0.511. The van der Waals surface area contributed by atoms with Crippen LogP contribution in [-0.4, -0.2) is 21.6 Å². The summed E-state index contributed by atoms with van der Waals surface area (Å²) in [5, 5.41) is 0. The minimum Gasteiger partial charge on any atom is -0.478 e. The van der Waals surface area contributed by atoms with Gasteiger partial charge in [0.2, 0.25) is 5.82 Å². The van der Waals surface area contributed by atoms with Gasteiger partial charge in [0.1, 0.15) is 4.60 Å². The Morgan fingerprint density at radius 3 is 2.44 bits per heavy atom. The second-order valence-corrected chi connectivity index (χ2v) is 4.29. The average molecular weight is 282 g/mol. The third-order valence-corrected chi connectivity index (χ3v) is 2.75. The van der Waals surface area contributed by atoms with Gasteiger partial charge in [0.15, 0.2) is 0 Å². The molecule has 0 saturated heterocycles. The zero-order valence-corrected chi connectivity index (χ0v) is 10.9. The Hall–Kier alpha value is -1.36. The van der Waals surface area contributed by atoms with Crippen LogP contribution >= 0.6 is 15.9 Å². The van der Waals surface area contributed by atoms with Crippen LogP contribution in [0.15, 0.2) is 22.9 Å². The van der Waals surface area contributed by atoms with Gasteiger partial charge in [-0.15, -0.1) is 0 Å². The number of nitrogens with zero attached hydrogens (tertiary/aromatic N) is 3. The van der Waals surface area contributed by atoms with Gasteiger partial charge in [-0.1, -0.05) is 0 Å². The van der Waals surface area contributed by atoms with Crippen molar-refractivity contribution < 1.29 is 4.74 Å². The molecule has 4 nitrogen and oxygen atoms in total. The van der Waals surface area contributed by atoms with E-state index < -0.39 is 0 Å². The van der Waals surface area contributed by atoms with E-state index in [1.807, 2.05) is 30.5 Å². The molecule has 0 saturated carbocycles. The predicted molar refractivity (Wildman–Crippen MR) is 65.1 cm³/mol. The topological polar surface area (TPSA) is 39.9 Å². The van der Waals surface area contributed by atoms with Gasteiger partial charge in [0.25, 0.3) is 5.88 Å². The van der Waals surface area contributed by atoms with E-state index >= 15 is 0 Å². The van der Waals surface area contributed by atoms with Crippen molar-refractivity contribution in [3.63, 3.8) is 0 Å². The normalized spacial score (nSPS) is 10.5. The Bertz CT molecular complexity index is 502. The van der Waals surface area contributed by atoms with Crippen LogP contribution in [0.5, 0.6) is 5.88 Å². The summed E-state index contributed by atoms with van der Waals surface area (Å²) in [6.07, 6.45) is 1.66. The van der Waals surface area contributed by atoms with E-state index in [4.69, 9.17) is 4.74 Å². The Balaban J connectivity index is 2.64. The van der Waals surface area contributed by atoms with E-state index in [0.29, 0.717) is 16.3 Å². The highest BCUT2D eigenvalue weighted by Gasteiger charge is 2.12. The largest absolute Gasteiger partial charge is 0.478 e. The summed E-state index contributed by atoms with van der Waals surface area (Å²) in [4.78, 5) is 8.58. The fourth-order valence-electron chi connectivity index (χ4n) is 1.64. The number of hydrogen-bond acceptors (Lipinski definition) is 3. The molecule has 0 N–H and O–H groups in total. The van der Waals surface area contributed by atoms with Crippen molar-refractivity contribution in [3.8, 4) is 11.7 Å². The second kappa shape index (κ2) is 4.25. The molecule has 84 valence electrons. The number of rotatable bonds is 2. The van der Waals surface area contributed by atoms with E-state index in [1.165, 1.54) is 0 Å². The Kier molecular flexibility index (Phi) is 2.96. The minimum absolute atomic E-state index is 0.511. The molecule has 0 bridgehead atoms. The number of ether oxygens (including phenoxy) is 1. The van der Waals surface area contributed by atoms with Gasteiger partial charge in [0, 0.05) is 11.4 Å². The van der Waals surface area contributed by atoms with E-state index in [9.17, 15) is 0 Å². The summed E-state index contributed by atoms with van der Waals surface area (Å²) in [7, 11) is 1.59. The lowest BCUT2D eigenvalue weighted by Gasteiger charge is -2.11. The molecule has 2 heterocycles. The van der Waals surface area contributed by atoms with E-state index in [2.05, 4.69) is 25.9 Å². The molecule has 0 aliphatic rings. The van der Waals surface area contributed by atoms with Crippen molar-refractivity contribution >= 4 is 15.9 Å². The summed E-state index contributed by atoms with van der Waals surface area (Å²) < 4.78 is 7.91. The summed E-state index contributed by atoms with van der Waals surface area (Å²) in [5.74, 6) is 1.22.